The van der Waals surface area contributed by atoms with Gasteiger partial charge in [0.15, 0.2) is 5.16 Å². The van der Waals surface area contributed by atoms with Crippen molar-refractivity contribution in [1.82, 2.24) is 14.9 Å². The van der Waals surface area contributed by atoms with Gasteiger partial charge in [-0.2, -0.15) is 0 Å². The van der Waals surface area contributed by atoms with Gasteiger partial charge in [0, 0.05) is 15.9 Å². The van der Waals surface area contributed by atoms with Gasteiger partial charge in [0.05, 0.1) is 16.3 Å². The molecule has 0 spiro atoms. The van der Waals surface area contributed by atoms with Crippen molar-refractivity contribution in [3.05, 3.63) is 50.1 Å². The van der Waals surface area contributed by atoms with Crippen LogP contribution in [0, 0.1) is 5.92 Å². The molecule has 2 heterocycles. The van der Waals surface area contributed by atoms with Crippen LogP contribution >= 0.6 is 34.7 Å². The maximum Gasteiger partial charge on any atom is 0.267 e. The second-order valence-electron chi connectivity index (χ2n) is 8.59. The van der Waals surface area contributed by atoms with Gasteiger partial charge in [0.25, 0.3) is 5.56 Å². The van der Waals surface area contributed by atoms with Crippen molar-refractivity contribution < 1.29 is 4.79 Å². The number of rotatable bonds is 5. The number of halogens is 1. The number of nitrogens with zero attached hydrogens (tertiary/aromatic N) is 2. The van der Waals surface area contributed by atoms with E-state index in [9.17, 15) is 9.59 Å². The summed E-state index contributed by atoms with van der Waals surface area (Å²) in [7, 11) is 0. The molecule has 1 amide bonds. The number of thiophene rings is 1. The lowest BCUT2D eigenvalue weighted by Crippen LogP contribution is -2.33. The van der Waals surface area contributed by atoms with Crippen molar-refractivity contribution in [3.8, 4) is 5.69 Å². The number of thioether (sulfide) groups is 1. The van der Waals surface area contributed by atoms with Gasteiger partial charge in [-0.25, -0.2) is 4.98 Å². The van der Waals surface area contributed by atoms with Crippen LogP contribution in [0.5, 0.6) is 0 Å². The van der Waals surface area contributed by atoms with E-state index in [2.05, 4.69) is 12.2 Å². The molecule has 1 N–H and O–H groups in total. The normalized spacial score (nSPS) is 19.3. The zero-order chi connectivity index (χ0) is 21.7. The van der Waals surface area contributed by atoms with Crippen LogP contribution in [0.2, 0.25) is 5.02 Å². The minimum absolute atomic E-state index is 0.0104. The van der Waals surface area contributed by atoms with Crippen molar-refractivity contribution in [2.75, 3.05) is 0 Å². The van der Waals surface area contributed by atoms with E-state index in [1.165, 1.54) is 16.6 Å². The fourth-order valence-corrected chi connectivity index (χ4v) is 6.51. The molecule has 162 valence electrons. The van der Waals surface area contributed by atoms with Crippen molar-refractivity contribution in [3.63, 3.8) is 0 Å². The number of carbonyl (C=O) groups excluding carboxylic acids is 1. The molecule has 8 heteroatoms. The van der Waals surface area contributed by atoms with Crippen molar-refractivity contribution in [2.24, 2.45) is 5.92 Å². The Morgan fingerprint density at radius 1 is 1.29 bits per heavy atom. The number of aromatic nitrogens is 2. The lowest BCUT2D eigenvalue weighted by molar-refractivity contribution is -0.120. The third-order valence-corrected chi connectivity index (χ3v) is 8.41. The third kappa shape index (κ3) is 4.15. The van der Waals surface area contributed by atoms with Crippen LogP contribution in [-0.4, -0.2) is 26.8 Å². The van der Waals surface area contributed by atoms with E-state index in [-0.39, 0.29) is 16.7 Å². The highest BCUT2D eigenvalue weighted by molar-refractivity contribution is 8.00. The fourth-order valence-electron chi connectivity index (χ4n) is 4.03. The average molecular weight is 474 g/mol. The van der Waals surface area contributed by atoms with Gasteiger partial charge in [-0.05, 0) is 74.8 Å². The van der Waals surface area contributed by atoms with Gasteiger partial charge in [-0.15, -0.1) is 11.3 Å². The van der Waals surface area contributed by atoms with Crippen LogP contribution in [0.4, 0.5) is 0 Å². The van der Waals surface area contributed by atoms with Gasteiger partial charge in [-0.3, -0.25) is 14.2 Å². The van der Waals surface area contributed by atoms with Crippen molar-refractivity contribution in [2.45, 2.75) is 62.4 Å². The standard InChI is InChI=1S/C23H24ClN3O2S2/c1-12-3-10-17-18(11-12)31-21-19(17)22(29)27(16-8-4-14(24)5-9-16)23(26-21)30-13(2)20(28)25-15-6-7-15/h4-5,8-9,12-13,15H,3,6-7,10-11H2,1-2H3,(H,25,28). The molecule has 0 radical (unpaired) electrons. The Bertz CT molecular complexity index is 1210. The summed E-state index contributed by atoms with van der Waals surface area (Å²) >= 11 is 9.06. The molecule has 5 nitrogen and oxygen atoms in total. The highest BCUT2D eigenvalue weighted by atomic mass is 35.5. The molecule has 3 aromatic rings. The number of benzene rings is 1. The predicted octanol–water partition coefficient (Wildman–Crippen LogP) is 4.98. The first-order valence-corrected chi connectivity index (χ1v) is 12.8. The largest absolute Gasteiger partial charge is 0.352 e. The highest BCUT2D eigenvalue weighted by Crippen LogP contribution is 2.37. The Kier molecular flexibility index (Phi) is 5.61. The smallest absolute Gasteiger partial charge is 0.267 e. The summed E-state index contributed by atoms with van der Waals surface area (Å²) in [4.78, 5) is 33.3. The summed E-state index contributed by atoms with van der Waals surface area (Å²) in [6.45, 7) is 4.13. The van der Waals surface area contributed by atoms with Gasteiger partial charge in [0.2, 0.25) is 5.91 Å². The summed E-state index contributed by atoms with van der Waals surface area (Å²) < 4.78 is 1.65. The number of nitrogens with one attached hydrogen (secondary N) is 1. The van der Waals surface area contributed by atoms with Crippen molar-refractivity contribution in [1.29, 1.82) is 0 Å². The van der Waals surface area contributed by atoms with E-state index >= 15 is 0 Å². The summed E-state index contributed by atoms with van der Waals surface area (Å²) in [6, 6.07) is 7.51. The second-order valence-corrected chi connectivity index (χ2v) is 11.4. The number of hydrogen-bond donors (Lipinski definition) is 1. The summed E-state index contributed by atoms with van der Waals surface area (Å²) in [5.74, 6) is 0.614. The Hall–Kier alpha value is -1.83. The van der Waals surface area contributed by atoms with Gasteiger partial charge in [-0.1, -0.05) is 30.3 Å². The van der Waals surface area contributed by atoms with Gasteiger partial charge >= 0.3 is 0 Å². The summed E-state index contributed by atoms with van der Waals surface area (Å²) in [5, 5.41) is 4.59. The topological polar surface area (TPSA) is 64.0 Å². The first kappa shape index (κ1) is 21.0. The second kappa shape index (κ2) is 8.26. The minimum atomic E-state index is -0.349. The lowest BCUT2D eigenvalue weighted by atomic mass is 9.89. The molecule has 0 bridgehead atoms. The van der Waals surface area contributed by atoms with E-state index in [1.54, 1.807) is 28.0 Å². The molecule has 0 aliphatic heterocycles. The molecule has 2 atom stereocenters. The number of fused-ring (bicyclic) bond motifs is 3. The Balaban J connectivity index is 1.63. The fraction of sp³-hybridized carbons (Fsp3) is 0.435. The molecule has 5 rings (SSSR count). The third-order valence-electron chi connectivity index (χ3n) is 5.96. The van der Waals surface area contributed by atoms with Gasteiger partial charge in [0.1, 0.15) is 4.83 Å². The molecule has 2 unspecified atom stereocenters. The van der Waals surface area contributed by atoms with Crippen LogP contribution in [-0.2, 0) is 17.6 Å². The number of amides is 1. The quantitative estimate of drug-likeness (QED) is 0.419. The first-order valence-electron chi connectivity index (χ1n) is 10.7. The van der Waals surface area contributed by atoms with E-state index < -0.39 is 0 Å². The molecule has 31 heavy (non-hydrogen) atoms. The molecule has 1 fully saturated rings. The molecule has 0 saturated heterocycles. The molecular formula is C23H24ClN3O2S2. The van der Waals surface area contributed by atoms with E-state index in [0.717, 1.165) is 47.9 Å². The zero-order valence-corrected chi connectivity index (χ0v) is 19.9. The zero-order valence-electron chi connectivity index (χ0n) is 17.5. The lowest BCUT2D eigenvalue weighted by Gasteiger charge is -2.18. The summed E-state index contributed by atoms with van der Waals surface area (Å²) in [6.07, 6.45) is 5.10. The Labute approximate surface area is 194 Å². The molecule has 2 aromatic heterocycles. The first-order chi connectivity index (χ1) is 14.9. The van der Waals surface area contributed by atoms with E-state index in [1.807, 2.05) is 19.1 Å². The van der Waals surface area contributed by atoms with E-state index in [4.69, 9.17) is 16.6 Å². The van der Waals surface area contributed by atoms with Crippen LogP contribution in [0.1, 0.15) is 43.6 Å². The number of carbonyl (C=O) groups is 1. The average Bonchev–Trinajstić information content (AvgIpc) is 3.47. The maximum atomic E-state index is 13.8. The minimum Gasteiger partial charge on any atom is -0.352 e. The van der Waals surface area contributed by atoms with Crippen LogP contribution in [0.3, 0.4) is 0 Å². The Morgan fingerprint density at radius 3 is 2.74 bits per heavy atom. The van der Waals surface area contributed by atoms with Gasteiger partial charge < -0.3 is 5.32 Å². The van der Waals surface area contributed by atoms with Crippen molar-refractivity contribution >= 4 is 50.8 Å². The molecule has 2 aliphatic rings. The van der Waals surface area contributed by atoms with Crippen LogP contribution in [0.15, 0.2) is 34.2 Å². The van der Waals surface area contributed by atoms with E-state index in [0.29, 0.717) is 27.8 Å². The molecule has 1 aromatic carbocycles. The molecular weight excluding hydrogens is 450 g/mol. The molecule has 1 saturated carbocycles. The predicted molar refractivity (Wildman–Crippen MR) is 128 cm³/mol. The number of aryl methyl sites for hydroxylation is 1. The molecule has 2 aliphatic carbocycles. The Morgan fingerprint density at radius 2 is 2.03 bits per heavy atom. The summed E-state index contributed by atoms with van der Waals surface area (Å²) in [5.41, 5.74) is 1.82. The highest BCUT2D eigenvalue weighted by Gasteiger charge is 2.29. The SMILES string of the molecule is CC1CCc2c(sc3nc(SC(C)C(=O)NC4CC4)n(-c4ccc(Cl)cc4)c(=O)c23)C1. The van der Waals surface area contributed by atoms with Crippen LogP contribution < -0.4 is 10.9 Å². The maximum absolute atomic E-state index is 13.8. The number of hydrogen-bond acceptors (Lipinski definition) is 5. The monoisotopic (exact) mass is 473 g/mol. The van der Waals surface area contributed by atoms with Crippen LogP contribution in [0.25, 0.3) is 15.9 Å².